The van der Waals surface area contributed by atoms with Gasteiger partial charge in [-0.25, -0.2) is 8.42 Å². The molecule has 2 N–H and O–H groups in total. The molecule has 0 aliphatic carbocycles. The Morgan fingerprint density at radius 3 is 2.52 bits per heavy atom. The molecule has 7 nitrogen and oxygen atoms in total. The Labute approximate surface area is 165 Å². The molecular formula is C18H25N3O4S2. The van der Waals surface area contributed by atoms with E-state index >= 15 is 0 Å². The van der Waals surface area contributed by atoms with Gasteiger partial charge in [-0.3, -0.25) is 10.1 Å². The quantitative estimate of drug-likeness (QED) is 0.545. The van der Waals surface area contributed by atoms with Crippen molar-refractivity contribution in [2.45, 2.75) is 31.2 Å². The Morgan fingerprint density at radius 2 is 1.93 bits per heavy atom. The molecule has 0 spiro atoms. The van der Waals surface area contributed by atoms with Gasteiger partial charge in [-0.15, -0.1) is 0 Å². The van der Waals surface area contributed by atoms with E-state index in [2.05, 4.69) is 10.6 Å². The first-order chi connectivity index (χ1) is 12.8. The highest BCUT2D eigenvalue weighted by atomic mass is 32.2. The number of hydrogen-bond acceptors (Lipinski definition) is 5. The molecule has 0 saturated carbocycles. The maximum atomic E-state index is 12.6. The summed E-state index contributed by atoms with van der Waals surface area (Å²) in [6.45, 7) is 5.51. The fraction of sp³-hybridized carbons (Fsp3) is 0.444. The van der Waals surface area contributed by atoms with Crippen LogP contribution < -0.4 is 10.6 Å². The molecule has 0 aromatic heterocycles. The lowest BCUT2D eigenvalue weighted by Crippen LogP contribution is -2.42. The van der Waals surface area contributed by atoms with Crippen molar-refractivity contribution in [3.05, 3.63) is 35.9 Å². The highest BCUT2D eigenvalue weighted by Crippen LogP contribution is 2.18. The van der Waals surface area contributed by atoms with Crippen molar-refractivity contribution in [1.29, 1.82) is 0 Å². The van der Waals surface area contributed by atoms with Gasteiger partial charge in [0.05, 0.1) is 18.1 Å². The second-order valence-electron chi connectivity index (χ2n) is 6.19. The Balaban J connectivity index is 1.95. The highest BCUT2D eigenvalue weighted by Gasteiger charge is 2.25. The Kier molecular flexibility index (Phi) is 7.91. The predicted octanol–water partition coefficient (Wildman–Crippen LogP) is 1.51. The normalized spacial score (nSPS) is 16.8. The number of hydrogen-bond donors (Lipinski definition) is 2. The van der Waals surface area contributed by atoms with Gasteiger partial charge in [0.25, 0.3) is 0 Å². The van der Waals surface area contributed by atoms with Crippen LogP contribution in [0.2, 0.25) is 0 Å². The predicted molar refractivity (Wildman–Crippen MR) is 109 cm³/mol. The van der Waals surface area contributed by atoms with Gasteiger partial charge >= 0.3 is 0 Å². The summed E-state index contributed by atoms with van der Waals surface area (Å²) in [5, 5.41) is 5.86. The van der Waals surface area contributed by atoms with Gasteiger partial charge in [0, 0.05) is 25.2 Å². The zero-order chi connectivity index (χ0) is 19.9. The lowest BCUT2D eigenvalue weighted by molar-refractivity contribution is -0.115. The van der Waals surface area contributed by atoms with Gasteiger partial charge in [0.2, 0.25) is 15.9 Å². The molecule has 1 aliphatic rings. The molecule has 1 fully saturated rings. The topological polar surface area (TPSA) is 87.7 Å². The lowest BCUT2D eigenvalue weighted by atomic mass is 10.2. The van der Waals surface area contributed by atoms with Crippen molar-refractivity contribution in [2.24, 2.45) is 0 Å². The highest BCUT2D eigenvalue weighted by molar-refractivity contribution is 7.89. The molecule has 1 amide bonds. The summed E-state index contributed by atoms with van der Waals surface area (Å²) in [4.78, 5) is 12.1. The van der Waals surface area contributed by atoms with E-state index in [0.29, 0.717) is 31.9 Å². The maximum absolute atomic E-state index is 12.6. The van der Waals surface area contributed by atoms with Crippen molar-refractivity contribution in [3.63, 3.8) is 0 Å². The maximum Gasteiger partial charge on any atom is 0.250 e. The molecule has 1 aliphatic heterocycles. The molecule has 1 heterocycles. The Hall–Kier alpha value is -1.81. The van der Waals surface area contributed by atoms with E-state index in [-0.39, 0.29) is 22.0 Å². The third-order valence-corrected chi connectivity index (χ3v) is 6.27. The van der Waals surface area contributed by atoms with E-state index in [1.807, 2.05) is 13.8 Å². The summed E-state index contributed by atoms with van der Waals surface area (Å²) in [6, 6.07) is 6.58. The average molecular weight is 412 g/mol. The van der Waals surface area contributed by atoms with Gasteiger partial charge in [-0.2, -0.15) is 4.31 Å². The molecule has 2 rings (SSSR count). The largest absolute Gasteiger partial charge is 0.379 e. The molecule has 1 saturated heterocycles. The SMILES string of the molecule is CC[C@@H](C)NC(=S)NC(=O)/C=C/c1ccc(S(=O)(=O)N2CCOCC2)cc1. The van der Waals surface area contributed by atoms with Crippen molar-refractivity contribution in [1.82, 2.24) is 14.9 Å². The van der Waals surface area contributed by atoms with Crippen molar-refractivity contribution in [2.75, 3.05) is 26.3 Å². The van der Waals surface area contributed by atoms with Crippen LogP contribution >= 0.6 is 12.2 Å². The molecule has 1 aromatic rings. The number of rotatable bonds is 6. The molecule has 1 aromatic carbocycles. The van der Waals surface area contributed by atoms with Crippen LogP contribution in [-0.2, 0) is 19.6 Å². The first kappa shape index (κ1) is 21.5. The van der Waals surface area contributed by atoms with Crippen molar-refractivity contribution in [3.8, 4) is 0 Å². The van der Waals surface area contributed by atoms with E-state index in [4.69, 9.17) is 17.0 Å². The van der Waals surface area contributed by atoms with Gasteiger partial charge < -0.3 is 10.1 Å². The monoisotopic (exact) mass is 411 g/mol. The fourth-order valence-electron chi connectivity index (χ4n) is 2.37. The summed E-state index contributed by atoms with van der Waals surface area (Å²) in [6.07, 6.45) is 3.86. The molecule has 148 valence electrons. The smallest absolute Gasteiger partial charge is 0.250 e. The number of nitrogens with one attached hydrogen (secondary N) is 2. The standard InChI is InChI=1S/C18H25N3O4S2/c1-3-14(2)19-18(26)20-17(22)9-6-15-4-7-16(8-5-15)27(23,24)21-10-12-25-13-11-21/h4-9,14H,3,10-13H2,1-2H3,(H2,19,20,22,26)/b9-6+/t14-/m1/s1. The van der Waals surface area contributed by atoms with Crippen LogP contribution in [0, 0.1) is 0 Å². The number of morpholine rings is 1. The summed E-state index contributed by atoms with van der Waals surface area (Å²) in [5.41, 5.74) is 0.715. The van der Waals surface area contributed by atoms with E-state index in [1.54, 1.807) is 18.2 Å². The summed E-state index contributed by atoms with van der Waals surface area (Å²) in [5.74, 6) is -0.346. The zero-order valence-corrected chi connectivity index (χ0v) is 17.1. The van der Waals surface area contributed by atoms with Gasteiger partial charge in [0.15, 0.2) is 5.11 Å². The number of thiocarbonyl (C=S) groups is 1. The van der Waals surface area contributed by atoms with Crippen LogP contribution in [-0.4, -0.2) is 56.1 Å². The molecular weight excluding hydrogens is 386 g/mol. The molecule has 1 atom stereocenters. The average Bonchev–Trinajstić information content (AvgIpc) is 2.67. The van der Waals surface area contributed by atoms with Crippen LogP contribution in [0.4, 0.5) is 0 Å². The first-order valence-electron chi connectivity index (χ1n) is 8.80. The van der Waals surface area contributed by atoms with Gasteiger partial charge in [-0.1, -0.05) is 19.1 Å². The van der Waals surface area contributed by atoms with Gasteiger partial charge in [0.1, 0.15) is 0 Å². The van der Waals surface area contributed by atoms with Crippen LogP contribution in [0.1, 0.15) is 25.8 Å². The van der Waals surface area contributed by atoms with Crippen molar-refractivity contribution < 1.29 is 17.9 Å². The molecule has 0 radical (unpaired) electrons. The summed E-state index contributed by atoms with van der Waals surface area (Å²) >= 11 is 5.07. The molecule has 9 heteroatoms. The fourth-order valence-corrected chi connectivity index (χ4v) is 4.08. The van der Waals surface area contributed by atoms with E-state index < -0.39 is 10.0 Å². The number of amides is 1. The van der Waals surface area contributed by atoms with Crippen LogP contribution in [0.3, 0.4) is 0 Å². The van der Waals surface area contributed by atoms with Crippen LogP contribution in [0.15, 0.2) is 35.2 Å². The number of nitrogens with zero attached hydrogens (tertiary/aromatic N) is 1. The molecule has 0 unspecified atom stereocenters. The van der Waals surface area contributed by atoms with Crippen LogP contribution in [0.25, 0.3) is 6.08 Å². The minimum atomic E-state index is -3.52. The Morgan fingerprint density at radius 1 is 1.30 bits per heavy atom. The van der Waals surface area contributed by atoms with E-state index in [9.17, 15) is 13.2 Å². The van der Waals surface area contributed by atoms with Crippen molar-refractivity contribution >= 4 is 39.3 Å². The summed E-state index contributed by atoms with van der Waals surface area (Å²) in [7, 11) is -3.52. The zero-order valence-electron chi connectivity index (χ0n) is 15.5. The lowest BCUT2D eigenvalue weighted by Gasteiger charge is -2.26. The Bertz CT molecular complexity index is 785. The minimum absolute atomic E-state index is 0.183. The van der Waals surface area contributed by atoms with E-state index in [0.717, 1.165) is 6.42 Å². The second kappa shape index (κ2) is 9.93. The second-order valence-corrected chi connectivity index (χ2v) is 8.54. The number of benzene rings is 1. The van der Waals surface area contributed by atoms with E-state index in [1.165, 1.54) is 22.5 Å². The third-order valence-electron chi connectivity index (χ3n) is 4.14. The first-order valence-corrected chi connectivity index (χ1v) is 10.6. The number of carbonyl (C=O) groups is 1. The molecule has 27 heavy (non-hydrogen) atoms. The van der Waals surface area contributed by atoms with Crippen LogP contribution in [0.5, 0.6) is 0 Å². The molecule has 0 bridgehead atoms. The number of carbonyl (C=O) groups excluding carboxylic acids is 1. The third kappa shape index (κ3) is 6.39. The number of sulfonamides is 1. The minimum Gasteiger partial charge on any atom is -0.379 e. The van der Waals surface area contributed by atoms with Gasteiger partial charge in [-0.05, 0) is 49.3 Å². The number of ether oxygens (including phenoxy) is 1. The summed E-state index contributed by atoms with van der Waals surface area (Å²) < 4.78 is 31.7.